The standard InChI is InChI=1S/C11H15N3/c1-2-10(6-12-4-1)14-8-9-3-5-13-7-11(9)14/h1-2,4,6,9,11,13H,3,5,7-8H2/t9-,11+/m1/s1. The summed E-state index contributed by atoms with van der Waals surface area (Å²) in [5, 5.41) is 3.45. The van der Waals surface area contributed by atoms with Crippen LogP contribution in [0.1, 0.15) is 6.42 Å². The molecular formula is C11H15N3. The summed E-state index contributed by atoms with van der Waals surface area (Å²) >= 11 is 0. The van der Waals surface area contributed by atoms with E-state index in [4.69, 9.17) is 0 Å². The summed E-state index contributed by atoms with van der Waals surface area (Å²) in [5.41, 5.74) is 1.28. The number of rotatable bonds is 1. The van der Waals surface area contributed by atoms with Crippen molar-refractivity contribution in [1.29, 1.82) is 0 Å². The molecule has 2 atom stereocenters. The summed E-state index contributed by atoms with van der Waals surface area (Å²) in [6, 6.07) is 4.88. The molecule has 2 aliphatic rings. The van der Waals surface area contributed by atoms with Gasteiger partial charge in [-0.15, -0.1) is 0 Å². The van der Waals surface area contributed by atoms with Crippen LogP contribution in [-0.2, 0) is 0 Å². The summed E-state index contributed by atoms with van der Waals surface area (Å²) in [4.78, 5) is 6.63. The van der Waals surface area contributed by atoms with Crippen molar-refractivity contribution in [2.45, 2.75) is 12.5 Å². The summed E-state index contributed by atoms with van der Waals surface area (Å²) in [5.74, 6) is 0.913. The number of aromatic nitrogens is 1. The van der Waals surface area contributed by atoms with Gasteiger partial charge in [0.1, 0.15) is 0 Å². The van der Waals surface area contributed by atoms with Crippen molar-refractivity contribution in [3.8, 4) is 0 Å². The molecule has 2 aliphatic heterocycles. The average Bonchev–Trinajstić information content (AvgIpc) is 2.22. The Kier molecular flexibility index (Phi) is 1.91. The lowest BCUT2D eigenvalue weighted by atomic mass is 9.83. The molecule has 3 rings (SSSR count). The number of piperidine rings is 1. The lowest BCUT2D eigenvalue weighted by molar-refractivity contribution is 0.229. The molecule has 14 heavy (non-hydrogen) atoms. The number of pyridine rings is 1. The Morgan fingerprint density at radius 3 is 3.29 bits per heavy atom. The van der Waals surface area contributed by atoms with Crippen LogP contribution in [0.5, 0.6) is 0 Å². The van der Waals surface area contributed by atoms with E-state index < -0.39 is 0 Å². The third-order valence-electron chi connectivity index (χ3n) is 3.40. The molecule has 0 aromatic carbocycles. The number of hydrogen-bond acceptors (Lipinski definition) is 3. The highest BCUT2D eigenvalue weighted by Gasteiger charge is 2.40. The van der Waals surface area contributed by atoms with E-state index in [0.29, 0.717) is 6.04 Å². The molecule has 0 saturated carbocycles. The molecule has 3 nitrogen and oxygen atoms in total. The summed E-state index contributed by atoms with van der Waals surface area (Å²) in [6.45, 7) is 3.56. The maximum absolute atomic E-state index is 4.16. The van der Waals surface area contributed by atoms with E-state index in [-0.39, 0.29) is 0 Å². The van der Waals surface area contributed by atoms with Gasteiger partial charge in [0, 0.05) is 25.3 Å². The molecule has 3 heterocycles. The Bertz CT molecular complexity index is 312. The van der Waals surface area contributed by atoms with E-state index in [9.17, 15) is 0 Å². The maximum Gasteiger partial charge on any atom is 0.0555 e. The molecule has 3 heteroatoms. The minimum absolute atomic E-state index is 0.716. The molecule has 1 N–H and O–H groups in total. The van der Waals surface area contributed by atoms with Crippen molar-refractivity contribution < 1.29 is 0 Å². The average molecular weight is 189 g/mol. The molecule has 2 saturated heterocycles. The van der Waals surface area contributed by atoms with Crippen LogP contribution in [0, 0.1) is 5.92 Å². The fraction of sp³-hybridized carbons (Fsp3) is 0.545. The van der Waals surface area contributed by atoms with E-state index >= 15 is 0 Å². The van der Waals surface area contributed by atoms with Gasteiger partial charge in [0.05, 0.1) is 11.9 Å². The molecule has 1 aromatic heterocycles. The van der Waals surface area contributed by atoms with Crippen molar-refractivity contribution in [3.63, 3.8) is 0 Å². The second-order valence-corrected chi connectivity index (χ2v) is 4.18. The molecule has 0 radical (unpaired) electrons. The zero-order chi connectivity index (χ0) is 9.38. The Morgan fingerprint density at radius 1 is 1.50 bits per heavy atom. The second kappa shape index (κ2) is 3.24. The molecular weight excluding hydrogens is 174 g/mol. The lowest BCUT2D eigenvalue weighted by Crippen LogP contribution is -2.63. The van der Waals surface area contributed by atoms with E-state index in [2.05, 4.69) is 21.3 Å². The van der Waals surface area contributed by atoms with E-state index in [0.717, 1.165) is 12.5 Å². The van der Waals surface area contributed by atoms with E-state index in [1.165, 1.54) is 25.2 Å². The van der Waals surface area contributed by atoms with Crippen LogP contribution < -0.4 is 10.2 Å². The minimum Gasteiger partial charge on any atom is -0.365 e. The van der Waals surface area contributed by atoms with E-state index in [1.807, 2.05) is 18.5 Å². The normalized spacial score (nSPS) is 30.7. The lowest BCUT2D eigenvalue weighted by Gasteiger charge is -2.52. The van der Waals surface area contributed by atoms with Crippen molar-refractivity contribution in [2.75, 3.05) is 24.5 Å². The van der Waals surface area contributed by atoms with Crippen molar-refractivity contribution in [3.05, 3.63) is 24.5 Å². The van der Waals surface area contributed by atoms with Gasteiger partial charge in [0.15, 0.2) is 0 Å². The van der Waals surface area contributed by atoms with Crippen LogP contribution >= 0.6 is 0 Å². The molecule has 0 unspecified atom stereocenters. The van der Waals surface area contributed by atoms with Crippen LogP contribution in [0.2, 0.25) is 0 Å². The third kappa shape index (κ3) is 1.20. The van der Waals surface area contributed by atoms with Crippen LogP contribution in [-0.4, -0.2) is 30.7 Å². The largest absolute Gasteiger partial charge is 0.365 e. The van der Waals surface area contributed by atoms with Crippen molar-refractivity contribution in [2.24, 2.45) is 5.92 Å². The fourth-order valence-corrected chi connectivity index (χ4v) is 2.54. The zero-order valence-electron chi connectivity index (χ0n) is 8.19. The first-order chi connectivity index (χ1) is 6.95. The first-order valence-electron chi connectivity index (χ1n) is 5.32. The highest BCUT2D eigenvalue weighted by atomic mass is 15.3. The second-order valence-electron chi connectivity index (χ2n) is 4.18. The predicted octanol–water partition coefficient (Wildman–Crippen LogP) is 0.880. The molecule has 0 spiro atoms. The van der Waals surface area contributed by atoms with Crippen molar-refractivity contribution in [1.82, 2.24) is 10.3 Å². The fourth-order valence-electron chi connectivity index (χ4n) is 2.54. The number of nitrogens with one attached hydrogen (secondary N) is 1. The monoisotopic (exact) mass is 189 g/mol. The van der Waals surface area contributed by atoms with Gasteiger partial charge in [0.25, 0.3) is 0 Å². The van der Waals surface area contributed by atoms with Crippen LogP contribution in [0.4, 0.5) is 5.69 Å². The number of hydrogen-bond donors (Lipinski definition) is 1. The molecule has 2 fully saturated rings. The number of nitrogens with zero attached hydrogens (tertiary/aromatic N) is 2. The number of anilines is 1. The SMILES string of the molecule is c1cncc(N2C[C@H]3CCNC[C@@H]32)c1. The van der Waals surface area contributed by atoms with Gasteiger partial charge in [-0.3, -0.25) is 4.98 Å². The molecule has 1 aromatic rings. The molecule has 0 amide bonds. The molecule has 74 valence electrons. The Hall–Kier alpha value is -1.09. The van der Waals surface area contributed by atoms with Gasteiger partial charge in [-0.05, 0) is 31.0 Å². The van der Waals surface area contributed by atoms with Gasteiger partial charge in [-0.2, -0.15) is 0 Å². The van der Waals surface area contributed by atoms with Crippen LogP contribution in [0.15, 0.2) is 24.5 Å². The highest BCUT2D eigenvalue weighted by molar-refractivity contribution is 5.48. The molecule has 0 aliphatic carbocycles. The summed E-state index contributed by atoms with van der Waals surface area (Å²) in [6.07, 6.45) is 5.13. The third-order valence-corrected chi connectivity index (χ3v) is 3.40. The highest BCUT2D eigenvalue weighted by Crippen LogP contribution is 2.33. The molecule has 0 bridgehead atoms. The van der Waals surface area contributed by atoms with E-state index in [1.54, 1.807) is 0 Å². The minimum atomic E-state index is 0.716. The first kappa shape index (κ1) is 8.24. The Balaban J connectivity index is 1.76. The summed E-state index contributed by atoms with van der Waals surface area (Å²) < 4.78 is 0. The zero-order valence-corrected chi connectivity index (χ0v) is 8.19. The topological polar surface area (TPSA) is 28.2 Å². The Morgan fingerprint density at radius 2 is 2.50 bits per heavy atom. The maximum atomic E-state index is 4.16. The van der Waals surface area contributed by atoms with Crippen LogP contribution in [0.25, 0.3) is 0 Å². The smallest absolute Gasteiger partial charge is 0.0555 e. The van der Waals surface area contributed by atoms with Gasteiger partial charge < -0.3 is 10.2 Å². The van der Waals surface area contributed by atoms with Crippen molar-refractivity contribution >= 4 is 5.69 Å². The van der Waals surface area contributed by atoms with Gasteiger partial charge in [-0.1, -0.05) is 0 Å². The number of fused-ring (bicyclic) bond motifs is 1. The van der Waals surface area contributed by atoms with Gasteiger partial charge in [0.2, 0.25) is 0 Å². The first-order valence-corrected chi connectivity index (χ1v) is 5.32. The quantitative estimate of drug-likeness (QED) is 0.711. The predicted molar refractivity (Wildman–Crippen MR) is 56.3 cm³/mol. The van der Waals surface area contributed by atoms with Crippen LogP contribution in [0.3, 0.4) is 0 Å². The Labute approximate surface area is 84.1 Å². The summed E-state index contributed by atoms with van der Waals surface area (Å²) in [7, 11) is 0. The van der Waals surface area contributed by atoms with Gasteiger partial charge in [-0.25, -0.2) is 0 Å². The van der Waals surface area contributed by atoms with Gasteiger partial charge >= 0.3 is 0 Å².